The van der Waals surface area contributed by atoms with Crippen molar-refractivity contribution in [3.8, 4) is 0 Å². The molecule has 0 aliphatic carbocycles. The highest BCUT2D eigenvalue weighted by atomic mass is 79.9. The summed E-state index contributed by atoms with van der Waals surface area (Å²) in [4.78, 5) is 7.14. The Balaban J connectivity index is 2.77. The van der Waals surface area contributed by atoms with E-state index in [-0.39, 0.29) is 9.50 Å². The molecule has 0 atom stereocenters. The largest absolute Gasteiger partial charge is 0.378 e. The molecule has 0 unspecified atom stereocenters. The summed E-state index contributed by atoms with van der Waals surface area (Å²) in [6.45, 7) is -12.9. The molecule has 1 saturated heterocycles. The molecule has 13 heavy (non-hydrogen) atoms. The number of anilines is 1. The molecular weight excluding hydrogens is 234 g/mol. The summed E-state index contributed by atoms with van der Waals surface area (Å²) in [5.74, 6) is -0.765. The number of morpholine rings is 1. The molecule has 5 heteroatoms. The van der Waals surface area contributed by atoms with Gasteiger partial charge in [-0.1, -0.05) is 0 Å². The van der Waals surface area contributed by atoms with Crippen molar-refractivity contribution in [3.63, 3.8) is 0 Å². The quantitative estimate of drug-likeness (QED) is 0.751. The molecule has 4 nitrogen and oxygen atoms in total. The van der Waals surface area contributed by atoms with Crippen LogP contribution in [0.4, 0.5) is 5.82 Å². The molecule has 2 heterocycles. The topological polar surface area (TPSA) is 38.2 Å². The van der Waals surface area contributed by atoms with Crippen molar-refractivity contribution < 1.29 is 18.4 Å². The van der Waals surface area contributed by atoms with Crippen LogP contribution < -0.4 is 4.90 Å². The molecule has 1 fully saturated rings. The standard InChI is InChI=1S/C8H10BrN3O/c9-7-5-10-6-8(11-7)12-1-3-13-4-2-12/h5-6H,1-4H2/i1D2,2D2,3D2,4D2,5D,6D. The van der Waals surface area contributed by atoms with Crippen molar-refractivity contribution in [2.75, 3.05) is 31.0 Å². The number of halogens is 1. The lowest BCUT2D eigenvalue weighted by Gasteiger charge is -2.27. The van der Waals surface area contributed by atoms with E-state index >= 15 is 0 Å². The van der Waals surface area contributed by atoms with Crippen LogP contribution in [0.2, 0.25) is 0 Å². The van der Waals surface area contributed by atoms with Gasteiger partial charge in [-0.2, -0.15) is 0 Å². The first kappa shape index (κ1) is 2.90. The Bertz CT molecular complexity index is 627. The van der Waals surface area contributed by atoms with Crippen molar-refractivity contribution in [1.29, 1.82) is 0 Å². The summed E-state index contributed by atoms with van der Waals surface area (Å²) in [6, 6.07) is 0. The molecule has 0 bridgehead atoms. The third kappa shape index (κ3) is 2.16. The smallest absolute Gasteiger partial charge is 0.148 e. The van der Waals surface area contributed by atoms with Gasteiger partial charge in [-0.25, -0.2) is 4.98 Å². The van der Waals surface area contributed by atoms with Crippen molar-refractivity contribution in [1.82, 2.24) is 9.97 Å². The number of nitrogens with zero attached hydrogens (tertiary/aromatic N) is 3. The van der Waals surface area contributed by atoms with Crippen LogP contribution in [-0.4, -0.2) is 36.1 Å². The van der Waals surface area contributed by atoms with Crippen molar-refractivity contribution >= 4 is 21.7 Å². The van der Waals surface area contributed by atoms with E-state index in [1.54, 1.807) is 0 Å². The summed E-state index contributed by atoms with van der Waals surface area (Å²) in [7, 11) is 0. The fourth-order valence-corrected chi connectivity index (χ4v) is 0.920. The number of rotatable bonds is 1. The van der Waals surface area contributed by atoms with E-state index in [0.29, 0.717) is 0 Å². The lowest BCUT2D eigenvalue weighted by molar-refractivity contribution is 0.122. The highest BCUT2D eigenvalue weighted by molar-refractivity contribution is 9.10. The molecule has 70 valence electrons. The minimum atomic E-state index is -3.25. The SMILES string of the molecule is [2H]c1nc([2H])c(N2C([2H])([2H])C([2H])([2H])OC([2H])([2H])C2([2H])[2H])nc1Br. The minimum absolute atomic E-state index is 0.0447. The maximum Gasteiger partial charge on any atom is 0.148 e. The van der Waals surface area contributed by atoms with Crippen LogP contribution >= 0.6 is 15.9 Å². The molecule has 0 N–H and O–H groups in total. The Kier molecular flexibility index (Phi) is 0.897. The van der Waals surface area contributed by atoms with Gasteiger partial charge in [-0.3, -0.25) is 4.98 Å². The van der Waals surface area contributed by atoms with Gasteiger partial charge in [0.15, 0.2) is 0 Å². The van der Waals surface area contributed by atoms with E-state index in [0.717, 1.165) is 0 Å². The fourth-order valence-electron chi connectivity index (χ4n) is 0.663. The average molecular weight is 254 g/mol. The van der Waals surface area contributed by atoms with E-state index in [9.17, 15) is 0 Å². The van der Waals surface area contributed by atoms with Gasteiger partial charge >= 0.3 is 0 Å². The Hall–Kier alpha value is -0.680. The van der Waals surface area contributed by atoms with E-state index < -0.39 is 44.3 Å². The van der Waals surface area contributed by atoms with E-state index in [1.807, 2.05) is 0 Å². The molecule has 1 aromatic heterocycles. The molecule has 0 amide bonds. The van der Waals surface area contributed by atoms with Gasteiger partial charge in [0.25, 0.3) is 0 Å². The first-order chi connectivity index (χ1) is 10.1. The molecule has 0 aromatic carbocycles. The molecule has 2 rings (SSSR count). The number of hydrogen-bond donors (Lipinski definition) is 0. The number of ether oxygens (including phenoxy) is 1. The van der Waals surface area contributed by atoms with E-state index in [1.165, 1.54) is 0 Å². The second-order valence-corrected chi connectivity index (χ2v) is 2.68. The minimum Gasteiger partial charge on any atom is -0.378 e. The van der Waals surface area contributed by atoms with Crippen molar-refractivity contribution in [2.45, 2.75) is 0 Å². The van der Waals surface area contributed by atoms with Gasteiger partial charge in [-0.15, -0.1) is 0 Å². The molecule has 1 aromatic rings. The second kappa shape index (κ2) is 4.02. The Morgan fingerprint density at radius 2 is 2.31 bits per heavy atom. The molecular formula is C8H10BrN3O. The van der Waals surface area contributed by atoms with Crippen LogP contribution in [0.1, 0.15) is 13.7 Å². The summed E-state index contributed by atoms with van der Waals surface area (Å²) in [5, 5.41) is 0. The first-order valence-corrected chi connectivity index (χ1v) is 3.96. The molecule has 0 saturated carbocycles. The normalized spacial score (nSPS) is 44.2. The predicted octanol–water partition coefficient (Wildman–Crippen LogP) is 1.08. The molecule has 0 radical (unpaired) electrons. The van der Waals surface area contributed by atoms with Crippen LogP contribution in [0.5, 0.6) is 0 Å². The Labute approximate surface area is 99.1 Å². The summed E-state index contributed by atoms with van der Waals surface area (Å²) in [6.07, 6.45) is -1.27. The Morgan fingerprint density at radius 1 is 1.54 bits per heavy atom. The highest BCUT2D eigenvalue weighted by Gasteiger charge is 2.12. The zero-order valence-corrected chi connectivity index (χ0v) is 7.71. The van der Waals surface area contributed by atoms with Gasteiger partial charge in [0.1, 0.15) is 10.4 Å². The van der Waals surface area contributed by atoms with Gasteiger partial charge in [0, 0.05) is 13.0 Å². The maximum absolute atomic E-state index is 7.85. The summed E-state index contributed by atoms with van der Waals surface area (Å²) < 4.78 is 80.9. The third-order valence-corrected chi connectivity index (χ3v) is 1.49. The van der Waals surface area contributed by atoms with Crippen LogP contribution in [0.15, 0.2) is 16.9 Å². The zero-order valence-electron chi connectivity index (χ0n) is 16.1. The van der Waals surface area contributed by atoms with Gasteiger partial charge < -0.3 is 9.64 Å². The van der Waals surface area contributed by atoms with E-state index in [2.05, 4.69) is 30.6 Å². The molecule has 1 aliphatic heterocycles. The van der Waals surface area contributed by atoms with Crippen LogP contribution in [0, 0.1) is 0 Å². The van der Waals surface area contributed by atoms with Crippen molar-refractivity contribution in [2.24, 2.45) is 0 Å². The third-order valence-electron chi connectivity index (χ3n) is 1.14. The molecule has 0 spiro atoms. The van der Waals surface area contributed by atoms with Crippen LogP contribution in [-0.2, 0) is 4.74 Å². The number of aromatic nitrogens is 2. The van der Waals surface area contributed by atoms with Crippen LogP contribution in [0.25, 0.3) is 0 Å². The zero-order chi connectivity index (χ0) is 18.0. The monoisotopic (exact) mass is 253 g/mol. The van der Waals surface area contributed by atoms with Crippen molar-refractivity contribution in [3.05, 3.63) is 16.9 Å². The summed E-state index contributed by atoms with van der Waals surface area (Å²) >= 11 is 2.84. The number of hydrogen-bond acceptors (Lipinski definition) is 4. The average Bonchev–Trinajstić information content (AvgIpc) is 2.32. The molecule has 1 aliphatic rings. The second-order valence-electron chi connectivity index (χ2n) is 1.93. The lowest BCUT2D eigenvalue weighted by atomic mass is 10.4. The summed E-state index contributed by atoms with van der Waals surface area (Å²) in [5.41, 5.74) is 0. The van der Waals surface area contributed by atoms with Crippen LogP contribution in [0.3, 0.4) is 0 Å². The maximum atomic E-state index is 7.85. The first-order valence-electron chi connectivity index (χ1n) is 8.16. The lowest BCUT2D eigenvalue weighted by Crippen LogP contribution is -2.36. The van der Waals surface area contributed by atoms with Gasteiger partial charge in [0.2, 0.25) is 0 Å². The highest BCUT2D eigenvalue weighted by Crippen LogP contribution is 2.13. The fraction of sp³-hybridized carbons (Fsp3) is 0.500. The van der Waals surface area contributed by atoms with E-state index in [4.69, 9.17) is 13.7 Å². The van der Waals surface area contributed by atoms with Gasteiger partial charge in [-0.05, 0) is 15.9 Å². The predicted molar refractivity (Wildman–Crippen MR) is 52.8 cm³/mol. The van der Waals surface area contributed by atoms with Gasteiger partial charge in [0.05, 0.1) is 39.2 Å². The Morgan fingerprint density at radius 3 is 3.08 bits per heavy atom.